The summed E-state index contributed by atoms with van der Waals surface area (Å²) in [4.78, 5) is 0.00325. The molecule has 0 saturated carbocycles. The van der Waals surface area contributed by atoms with Crippen molar-refractivity contribution in [1.29, 1.82) is 0 Å². The maximum Gasteiger partial charge on any atom is 0.240 e. The summed E-state index contributed by atoms with van der Waals surface area (Å²) in [6.45, 7) is -0.337. The molecule has 0 atom stereocenters. The predicted molar refractivity (Wildman–Crippen MR) is 71.2 cm³/mol. The Morgan fingerprint density at radius 1 is 1.05 bits per heavy atom. The molecule has 20 heavy (non-hydrogen) atoms. The van der Waals surface area contributed by atoms with Gasteiger partial charge in [0.15, 0.2) is 0 Å². The van der Waals surface area contributed by atoms with Crippen molar-refractivity contribution in [1.82, 2.24) is 4.72 Å². The quantitative estimate of drug-likeness (QED) is 0.848. The molecule has 0 aliphatic carbocycles. The van der Waals surface area contributed by atoms with Gasteiger partial charge in [0.1, 0.15) is 11.6 Å². The second kappa shape index (κ2) is 5.56. The standard InChI is InChI=1S/C13H12F2N2O2S/c14-10-1-6-13(15)9(7-10)8-17-20(18,19)12-4-2-11(16)3-5-12/h1-7,17H,8,16H2. The van der Waals surface area contributed by atoms with Gasteiger partial charge in [-0.25, -0.2) is 21.9 Å². The fourth-order valence-corrected chi connectivity index (χ4v) is 2.59. The number of benzene rings is 2. The van der Waals surface area contributed by atoms with Crippen LogP contribution in [0.1, 0.15) is 5.56 Å². The molecule has 4 nitrogen and oxygen atoms in total. The Hall–Kier alpha value is -1.99. The molecule has 106 valence electrons. The number of hydrogen-bond acceptors (Lipinski definition) is 3. The van der Waals surface area contributed by atoms with E-state index in [1.807, 2.05) is 0 Å². The summed E-state index contributed by atoms with van der Waals surface area (Å²) in [5, 5.41) is 0. The van der Waals surface area contributed by atoms with Gasteiger partial charge in [-0.2, -0.15) is 0 Å². The van der Waals surface area contributed by atoms with Crippen LogP contribution in [0.15, 0.2) is 47.4 Å². The highest BCUT2D eigenvalue weighted by molar-refractivity contribution is 7.89. The minimum Gasteiger partial charge on any atom is -0.399 e. The van der Waals surface area contributed by atoms with Crippen LogP contribution in [0.25, 0.3) is 0 Å². The number of halogens is 2. The lowest BCUT2D eigenvalue weighted by atomic mass is 10.2. The molecular weight excluding hydrogens is 286 g/mol. The van der Waals surface area contributed by atoms with Gasteiger partial charge in [0.25, 0.3) is 0 Å². The van der Waals surface area contributed by atoms with Crippen molar-refractivity contribution in [2.75, 3.05) is 5.73 Å². The van der Waals surface area contributed by atoms with E-state index in [1.165, 1.54) is 24.3 Å². The summed E-state index contributed by atoms with van der Waals surface area (Å²) in [5.74, 6) is -1.31. The normalized spacial score (nSPS) is 11.5. The van der Waals surface area contributed by atoms with Crippen LogP contribution in [-0.2, 0) is 16.6 Å². The first kappa shape index (κ1) is 14.4. The van der Waals surface area contributed by atoms with E-state index < -0.39 is 21.7 Å². The number of rotatable bonds is 4. The zero-order valence-electron chi connectivity index (χ0n) is 10.3. The van der Waals surface area contributed by atoms with Crippen molar-refractivity contribution >= 4 is 15.7 Å². The van der Waals surface area contributed by atoms with E-state index in [4.69, 9.17) is 5.73 Å². The lowest BCUT2D eigenvalue weighted by Crippen LogP contribution is -2.23. The van der Waals surface area contributed by atoms with Gasteiger partial charge in [-0.3, -0.25) is 0 Å². The van der Waals surface area contributed by atoms with Crippen molar-refractivity contribution < 1.29 is 17.2 Å². The molecule has 0 aromatic heterocycles. The van der Waals surface area contributed by atoms with Crippen molar-refractivity contribution in [3.05, 3.63) is 59.7 Å². The lowest BCUT2D eigenvalue weighted by molar-refractivity contribution is 0.567. The van der Waals surface area contributed by atoms with E-state index in [1.54, 1.807) is 0 Å². The third-order valence-corrected chi connectivity index (χ3v) is 4.07. The Morgan fingerprint density at radius 3 is 2.35 bits per heavy atom. The second-order valence-electron chi connectivity index (χ2n) is 4.13. The molecule has 2 rings (SSSR count). The Bertz CT molecular complexity index is 716. The first-order valence-electron chi connectivity index (χ1n) is 5.67. The molecule has 0 aliphatic rings. The Balaban J connectivity index is 2.17. The minimum atomic E-state index is -3.80. The van der Waals surface area contributed by atoms with Gasteiger partial charge in [-0.1, -0.05) is 0 Å². The highest BCUT2D eigenvalue weighted by Gasteiger charge is 2.14. The summed E-state index contributed by atoms with van der Waals surface area (Å²) in [6.07, 6.45) is 0. The number of nitrogens with one attached hydrogen (secondary N) is 1. The molecule has 0 bridgehead atoms. The third-order valence-electron chi connectivity index (χ3n) is 2.65. The Kier molecular flexibility index (Phi) is 4.01. The number of hydrogen-bond donors (Lipinski definition) is 2. The molecule has 0 aliphatic heterocycles. The molecule has 0 unspecified atom stereocenters. The van der Waals surface area contributed by atoms with Crippen LogP contribution in [0.2, 0.25) is 0 Å². The van der Waals surface area contributed by atoms with Crippen LogP contribution in [0.5, 0.6) is 0 Å². The Labute approximate surface area is 115 Å². The van der Waals surface area contributed by atoms with E-state index in [-0.39, 0.29) is 17.0 Å². The number of nitrogen functional groups attached to an aromatic ring is 1. The number of sulfonamides is 1. The highest BCUT2D eigenvalue weighted by Crippen LogP contribution is 2.14. The molecule has 0 fully saturated rings. The fraction of sp³-hybridized carbons (Fsp3) is 0.0769. The zero-order valence-corrected chi connectivity index (χ0v) is 11.1. The average molecular weight is 298 g/mol. The minimum absolute atomic E-state index is 0.00325. The van der Waals surface area contributed by atoms with Crippen LogP contribution in [-0.4, -0.2) is 8.42 Å². The molecule has 2 aromatic rings. The highest BCUT2D eigenvalue weighted by atomic mass is 32.2. The van der Waals surface area contributed by atoms with Crippen molar-refractivity contribution in [3.8, 4) is 0 Å². The van der Waals surface area contributed by atoms with Gasteiger partial charge < -0.3 is 5.73 Å². The molecule has 0 heterocycles. The number of anilines is 1. The third kappa shape index (κ3) is 3.31. The lowest BCUT2D eigenvalue weighted by Gasteiger charge is -2.08. The summed E-state index contributed by atoms with van der Waals surface area (Å²) in [6, 6.07) is 8.41. The largest absolute Gasteiger partial charge is 0.399 e. The van der Waals surface area contributed by atoms with Gasteiger partial charge >= 0.3 is 0 Å². The van der Waals surface area contributed by atoms with Gasteiger partial charge in [0, 0.05) is 17.8 Å². The molecule has 0 saturated heterocycles. The molecule has 0 spiro atoms. The maximum atomic E-state index is 13.4. The molecule has 7 heteroatoms. The number of nitrogens with two attached hydrogens (primary N) is 1. The maximum absolute atomic E-state index is 13.4. The van der Waals surface area contributed by atoms with Crippen LogP contribution < -0.4 is 10.5 Å². The Morgan fingerprint density at radius 2 is 1.70 bits per heavy atom. The summed E-state index contributed by atoms with van der Waals surface area (Å²) < 4.78 is 52.5. The van der Waals surface area contributed by atoms with Crippen molar-refractivity contribution in [2.45, 2.75) is 11.4 Å². The zero-order chi connectivity index (χ0) is 14.8. The molecule has 0 amide bonds. The molecule has 2 aromatic carbocycles. The van der Waals surface area contributed by atoms with Gasteiger partial charge in [0.05, 0.1) is 4.90 Å². The smallest absolute Gasteiger partial charge is 0.240 e. The topological polar surface area (TPSA) is 72.2 Å². The van der Waals surface area contributed by atoms with E-state index >= 15 is 0 Å². The van der Waals surface area contributed by atoms with Crippen LogP contribution >= 0.6 is 0 Å². The van der Waals surface area contributed by atoms with Gasteiger partial charge in [-0.05, 0) is 42.5 Å². The first-order chi connectivity index (χ1) is 9.38. The second-order valence-corrected chi connectivity index (χ2v) is 5.90. The van der Waals surface area contributed by atoms with Crippen LogP contribution in [0.3, 0.4) is 0 Å². The molecule has 0 radical (unpaired) electrons. The molecular formula is C13H12F2N2O2S. The fourth-order valence-electron chi connectivity index (χ4n) is 1.58. The van der Waals surface area contributed by atoms with E-state index in [0.29, 0.717) is 5.69 Å². The SMILES string of the molecule is Nc1ccc(S(=O)(=O)NCc2cc(F)ccc2F)cc1. The van der Waals surface area contributed by atoms with Crippen LogP contribution in [0.4, 0.5) is 14.5 Å². The summed E-state index contributed by atoms with van der Waals surface area (Å²) in [5.41, 5.74) is 5.83. The summed E-state index contributed by atoms with van der Waals surface area (Å²) in [7, 11) is -3.80. The van der Waals surface area contributed by atoms with Gasteiger partial charge in [0.2, 0.25) is 10.0 Å². The first-order valence-corrected chi connectivity index (χ1v) is 7.16. The van der Waals surface area contributed by atoms with Crippen LogP contribution in [0, 0.1) is 11.6 Å². The van der Waals surface area contributed by atoms with E-state index in [9.17, 15) is 17.2 Å². The molecule has 3 N–H and O–H groups in total. The van der Waals surface area contributed by atoms with E-state index in [2.05, 4.69) is 4.72 Å². The van der Waals surface area contributed by atoms with Crippen molar-refractivity contribution in [2.24, 2.45) is 0 Å². The summed E-state index contributed by atoms with van der Waals surface area (Å²) >= 11 is 0. The predicted octanol–water partition coefficient (Wildman–Crippen LogP) is 2.03. The van der Waals surface area contributed by atoms with E-state index in [0.717, 1.165) is 18.2 Å². The monoisotopic (exact) mass is 298 g/mol. The van der Waals surface area contributed by atoms with Crippen molar-refractivity contribution in [3.63, 3.8) is 0 Å². The average Bonchev–Trinajstić information content (AvgIpc) is 2.40. The van der Waals surface area contributed by atoms with Gasteiger partial charge in [-0.15, -0.1) is 0 Å².